The number of pyridine rings is 1. The van der Waals surface area contributed by atoms with Crippen molar-refractivity contribution in [2.45, 2.75) is 38.9 Å². The SMILES string of the molecule is CC1(C)OB(/C=C/c2ncccc2O)OC1(C)C. The molecular formula is C13H18BNO3. The summed E-state index contributed by atoms with van der Waals surface area (Å²) in [6.45, 7) is 8.00. The second-order valence-electron chi connectivity index (χ2n) is 5.39. The van der Waals surface area contributed by atoms with E-state index in [9.17, 15) is 5.11 Å². The molecule has 1 aromatic heterocycles. The smallest absolute Gasteiger partial charge is 0.487 e. The zero-order chi connectivity index (χ0) is 13.4. The molecule has 0 bridgehead atoms. The predicted molar refractivity (Wildman–Crippen MR) is 71.0 cm³/mol. The molecule has 0 atom stereocenters. The summed E-state index contributed by atoms with van der Waals surface area (Å²) in [6, 6.07) is 3.28. The standard InChI is InChI=1S/C13H18BNO3/c1-12(2)13(3,4)18-14(17-12)8-7-10-11(16)6-5-9-15-10/h5-9,16H,1-4H3/b8-7+. The maximum Gasteiger partial charge on any atom is 0.487 e. The van der Waals surface area contributed by atoms with Crippen LogP contribution in [0.4, 0.5) is 0 Å². The van der Waals surface area contributed by atoms with Gasteiger partial charge in [0.05, 0.1) is 11.2 Å². The summed E-state index contributed by atoms with van der Waals surface area (Å²) in [5, 5.41) is 9.59. The van der Waals surface area contributed by atoms with Crippen LogP contribution in [0, 0.1) is 0 Å². The van der Waals surface area contributed by atoms with E-state index in [-0.39, 0.29) is 17.0 Å². The molecule has 96 valence electrons. The molecule has 1 N–H and O–H groups in total. The molecule has 0 aliphatic carbocycles. The van der Waals surface area contributed by atoms with Gasteiger partial charge >= 0.3 is 7.12 Å². The molecule has 0 radical (unpaired) electrons. The lowest BCUT2D eigenvalue weighted by atomic mass is 9.89. The minimum absolute atomic E-state index is 0.144. The zero-order valence-corrected chi connectivity index (χ0v) is 11.2. The third kappa shape index (κ3) is 2.42. The van der Waals surface area contributed by atoms with Gasteiger partial charge in [-0.25, -0.2) is 0 Å². The zero-order valence-electron chi connectivity index (χ0n) is 11.2. The van der Waals surface area contributed by atoms with Crippen LogP contribution in [0.2, 0.25) is 0 Å². The first kappa shape index (κ1) is 13.1. The first-order valence-electron chi connectivity index (χ1n) is 6.00. The molecule has 2 rings (SSSR count). The van der Waals surface area contributed by atoms with Crippen molar-refractivity contribution >= 4 is 13.2 Å². The molecule has 1 saturated heterocycles. The molecule has 1 aliphatic rings. The maximum atomic E-state index is 9.59. The maximum absolute atomic E-state index is 9.59. The van der Waals surface area contributed by atoms with Crippen LogP contribution in [0.3, 0.4) is 0 Å². The Hall–Kier alpha value is -1.33. The molecule has 1 aromatic rings. The van der Waals surface area contributed by atoms with Gasteiger partial charge in [-0.15, -0.1) is 0 Å². The Morgan fingerprint density at radius 1 is 1.22 bits per heavy atom. The van der Waals surface area contributed by atoms with Crippen molar-refractivity contribution in [1.29, 1.82) is 0 Å². The fourth-order valence-electron chi connectivity index (χ4n) is 1.67. The topological polar surface area (TPSA) is 51.6 Å². The summed E-state index contributed by atoms with van der Waals surface area (Å²) < 4.78 is 11.6. The molecule has 0 spiro atoms. The third-order valence-corrected chi connectivity index (χ3v) is 3.50. The number of rotatable bonds is 2. The van der Waals surface area contributed by atoms with E-state index >= 15 is 0 Å². The van der Waals surface area contributed by atoms with Crippen LogP contribution in [0.1, 0.15) is 33.4 Å². The van der Waals surface area contributed by atoms with Crippen LogP contribution in [-0.2, 0) is 9.31 Å². The van der Waals surface area contributed by atoms with E-state index in [0.717, 1.165) is 0 Å². The van der Waals surface area contributed by atoms with E-state index in [1.807, 2.05) is 27.7 Å². The second-order valence-corrected chi connectivity index (χ2v) is 5.39. The summed E-state index contributed by atoms with van der Waals surface area (Å²) >= 11 is 0. The summed E-state index contributed by atoms with van der Waals surface area (Å²) in [6.07, 6.45) is 3.33. The average molecular weight is 247 g/mol. The Labute approximate surface area is 108 Å². The van der Waals surface area contributed by atoms with Gasteiger partial charge in [0.2, 0.25) is 0 Å². The first-order valence-corrected chi connectivity index (χ1v) is 6.00. The molecular weight excluding hydrogens is 229 g/mol. The summed E-state index contributed by atoms with van der Waals surface area (Å²) in [4.78, 5) is 4.06. The van der Waals surface area contributed by atoms with Gasteiger partial charge in [-0.2, -0.15) is 0 Å². The largest absolute Gasteiger partial charge is 0.506 e. The molecule has 0 amide bonds. The van der Waals surface area contributed by atoms with E-state index in [0.29, 0.717) is 5.69 Å². The molecule has 0 unspecified atom stereocenters. The second kappa shape index (κ2) is 4.41. The first-order chi connectivity index (χ1) is 8.32. The number of nitrogens with zero attached hydrogens (tertiary/aromatic N) is 1. The van der Waals surface area contributed by atoms with Crippen LogP contribution in [0.15, 0.2) is 24.3 Å². The Morgan fingerprint density at radius 3 is 2.39 bits per heavy atom. The van der Waals surface area contributed by atoms with Crippen molar-refractivity contribution in [3.05, 3.63) is 30.0 Å². The van der Waals surface area contributed by atoms with Gasteiger partial charge in [0, 0.05) is 6.20 Å². The van der Waals surface area contributed by atoms with Crippen molar-refractivity contribution in [3.63, 3.8) is 0 Å². The fraction of sp³-hybridized carbons (Fsp3) is 0.462. The number of hydrogen-bond donors (Lipinski definition) is 1. The highest BCUT2D eigenvalue weighted by molar-refractivity contribution is 6.52. The molecule has 2 heterocycles. The van der Waals surface area contributed by atoms with Crippen molar-refractivity contribution in [1.82, 2.24) is 4.98 Å². The van der Waals surface area contributed by atoms with Gasteiger partial charge in [0.15, 0.2) is 0 Å². The number of aromatic hydroxyl groups is 1. The van der Waals surface area contributed by atoms with E-state index in [2.05, 4.69) is 4.98 Å². The lowest BCUT2D eigenvalue weighted by Crippen LogP contribution is -2.41. The number of hydrogen-bond acceptors (Lipinski definition) is 4. The lowest BCUT2D eigenvalue weighted by molar-refractivity contribution is 0.00578. The molecule has 5 heteroatoms. The van der Waals surface area contributed by atoms with Crippen molar-refractivity contribution < 1.29 is 14.4 Å². The number of aromatic nitrogens is 1. The fourth-order valence-corrected chi connectivity index (χ4v) is 1.67. The third-order valence-electron chi connectivity index (χ3n) is 3.50. The molecule has 0 saturated carbocycles. The van der Waals surface area contributed by atoms with Gasteiger partial charge in [0.1, 0.15) is 11.4 Å². The van der Waals surface area contributed by atoms with Gasteiger partial charge in [-0.1, -0.05) is 5.98 Å². The quantitative estimate of drug-likeness (QED) is 0.815. The lowest BCUT2D eigenvalue weighted by Gasteiger charge is -2.32. The monoisotopic (exact) mass is 247 g/mol. The average Bonchev–Trinajstić information content (AvgIpc) is 2.46. The van der Waals surface area contributed by atoms with Crippen LogP contribution >= 0.6 is 0 Å². The Morgan fingerprint density at radius 2 is 1.83 bits per heavy atom. The van der Waals surface area contributed by atoms with Crippen LogP contribution in [0.25, 0.3) is 6.08 Å². The van der Waals surface area contributed by atoms with Crippen LogP contribution in [-0.4, -0.2) is 28.4 Å². The van der Waals surface area contributed by atoms with Gasteiger partial charge in [-0.05, 0) is 45.9 Å². The van der Waals surface area contributed by atoms with E-state index in [1.165, 1.54) is 0 Å². The minimum Gasteiger partial charge on any atom is -0.506 e. The molecule has 1 aliphatic heterocycles. The molecule has 4 nitrogen and oxygen atoms in total. The van der Waals surface area contributed by atoms with Crippen molar-refractivity contribution in [2.24, 2.45) is 0 Å². The van der Waals surface area contributed by atoms with Gasteiger partial charge in [0.25, 0.3) is 0 Å². The molecule has 1 fully saturated rings. The normalized spacial score (nSPS) is 21.7. The van der Waals surface area contributed by atoms with Crippen molar-refractivity contribution in [3.8, 4) is 5.75 Å². The summed E-state index contributed by atoms with van der Waals surface area (Å²) in [5.74, 6) is 1.91. The minimum atomic E-state index is -0.420. The highest BCUT2D eigenvalue weighted by atomic mass is 16.7. The van der Waals surface area contributed by atoms with Crippen LogP contribution in [0.5, 0.6) is 5.75 Å². The van der Waals surface area contributed by atoms with Crippen molar-refractivity contribution in [2.75, 3.05) is 0 Å². The highest BCUT2D eigenvalue weighted by Gasteiger charge is 2.50. The molecule has 18 heavy (non-hydrogen) atoms. The van der Waals surface area contributed by atoms with Crippen LogP contribution < -0.4 is 0 Å². The van der Waals surface area contributed by atoms with E-state index in [1.54, 1.807) is 30.4 Å². The Bertz CT molecular complexity index is 455. The van der Waals surface area contributed by atoms with E-state index in [4.69, 9.17) is 9.31 Å². The Kier molecular flexibility index (Phi) is 3.21. The van der Waals surface area contributed by atoms with Gasteiger partial charge < -0.3 is 14.4 Å². The summed E-state index contributed by atoms with van der Waals surface area (Å²) in [5.41, 5.74) is -0.199. The predicted octanol–water partition coefficient (Wildman–Crippen LogP) is 2.43. The van der Waals surface area contributed by atoms with E-state index < -0.39 is 7.12 Å². The highest BCUT2D eigenvalue weighted by Crippen LogP contribution is 2.37. The summed E-state index contributed by atoms with van der Waals surface area (Å²) in [7, 11) is -0.420. The Balaban J connectivity index is 2.11. The van der Waals surface area contributed by atoms with Gasteiger partial charge in [-0.3, -0.25) is 4.98 Å². The molecule has 0 aromatic carbocycles.